The van der Waals surface area contributed by atoms with E-state index in [-0.39, 0.29) is 18.2 Å². The van der Waals surface area contributed by atoms with Gasteiger partial charge in [-0.05, 0) is 62.2 Å². The van der Waals surface area contributed by atoms with Crippen molar-refractivity contribution < 1.29 is 14.3 Å². The SMILES string of the molecule is O=C(c1ccc(-n2nnc3cccnc32)cc1F)N(c1nccc2sc(C#CCCCO)cc12)[C@@H]1CCCNC1. The van der Waals surface area contributed by atoms with Gasteiger partial charge in [-0.1, -0.05) is 17.1 Å². The molecule has 1 aliphatic rings. The van der Waals surface area contributed by atoms with Crippen molar-refractivity contribution in [2.24, 2.45) is 0 Å². The number of piperidine rings is 1. The standard InChI is InChI=1S/C29H26FN7O2S/c30-24-16-19(37-28-25(34-35-37)8-5-13-32-28)9-10-22(24)29(39)36(20-6-4-12-31-18-20)27-23-17-21(7-2-1-3-15-38)40-26(23)11-14-33-27/h5,8-11,13-14,16-17,20,31,38H,1,3-4,6,12,15,18H2/t20-/m1/s1. The zero-order chi connectivity index (χ0) is 27.5. The molecule has 1 saturated heterocycles. The van der Waals surface area contributed by atoms with Crippen LogP contribution in [0, 0.1) is 17.7 Å². The van der Waals surface area contributed by atoms with Crippen LogP contribution in [0.2, 0.25) is 0 Å². The summed E-state index contributed by atoms with van der Waals surface area (Å²) >= 11 is 1.52. The Kier molecular flexibility index (Phi) is 7.46. The molecule has 40 heavy (non-hydrogen) atoms. The molecule has 5 aromatic rings. The van der Waals surface area contributed by atoms with Gasteiger partial charge >= 0.3 is 0 Å². The lowest BCUT2D eigenvalue weighted by Gasteiger charge is -2.34. The average Bonchev–Trinajstić information content (AvgIpc) is 3.61. The predicted octanol–water partition coefficient (Wildman–Crippen LogP) is 4.09. The van der Waals surface area contributed by atoms with Crippen LogP contribution in [0.15, 0.2) is 54.9 Å². The molecule has 11 heteroatoms. The summed E-state index contributed by atoms with van der Waals surface area (Å²) in [5.74, 6) is 5.61. The molecular weight excluding hydrogens is 529 g/mol. The van der Waals surface area contributed by atoms with E-state index in [1.54, 1.807) is 35.5 Å². The molecule has 2 N–H and O–H groups in total. The highest BCUT2D eigenvalue weighted by molar-refractivity contribution is 7.19. The maximum absolute atomic E-state index is 15.7. The van der Waals surface area contributed by atoms with Crippen LogP contribution in [0.4, 0.5) is 10.2 Å². The van der Waals surface area contributed by atoms with E-state index in [2.05, 4.69) is 37.4 Å². The molecule has 0 aliphatic carbocycles. The smallest absolute Gasteiger partial charge is 0.262 e. The molecule has 6 rings (SSSR count). The molecule has 202 valence electrons. The van der Waals surface area contributed by atoms with Crippen LogP contribution in [-0.2, 0) is 0 Å². The number of benzene rings is 1. The number of aliphatic hydroxyl groups is 1. The lowest BCUT2D eigenvalue weighted by atomic mass is 10.0. The highest BCUT2D eigenvalue weighted by Crippen LogP contribution is 2.34. The van der Waals surface area contributed by atoms with Gasteiger partial charge in [-0.2, -0.15) is 4.68 Å². The van der Waals surface area contributed by atoms with Gasteiger partial charge in [-0.3, -0.25) is 9.69 Å². The van der Waals surface area contributed by atoms with Crippen molar-refractivity contribution in [3.05, 3.63) is 71.1 Å². The molecule has 0 radical (unpaired) electrons. The Morgan fingerprint density at radius 3 is 2.98 bits per heavy atom. The first-order valence-electron chi connectivity index (χ1n) is 13.1. The number of rotatable bonds is 6. The number of hydrogen-bond acceptors (Lipinski definition) is 8. The van der Waals surface area contributed by atoms with Gasteiger partial charge < -0.3 is 10.4 Å². The zero-order valence-electron chi connectivity index (χ0n) is 21.5. The molecular formula is C29H26FN7O2S. The molecule has 1 aliphatic heterocycles. The molecule has 1 aromatic carbocycles. The van der Waals surface area contributed by atoms with Crippen molar-refractivity contribution >= 4 is 44.3 Å². The summed E-state index contributed by atoms with van der Waals surface area (Å²) in [5, 5.41) is 21.4. The third-order valence-electron chi connectivity index (χ3n) is 6.82. The third-order valence-corrected chi connectivity index (χ3v) is 7.83. The summed E-state index contributed by atoms with van der Waals surface area (Å²) in [6.07, 6.45) is 6.18. The molecule has 0 bridgehead atoms. The van der Waals surface area contributed by atoms with Crippen LogP contribution in [-0.4, -0.2) is 61.7 Å². The molecule has 1 fully saturated rings. The quantitative estimate of drug-likeness (QED) is 0.240. The summed E-state index contributed by atoms with van der Waals surface area (Å²) < 4.78 is 18.1. The van der Waals surface area contributed by atoms with Crippen LogP contribution < -0.4 is 10.2 Å². The zero-order valence-corrected chi connectivity index (χ0v) is 22.4. The third kappa shape index (κ3) is 5.04. The summed E-state index contributed by atoms with van der Waals surface area (Å²) in [7, 11) is 0. The van der Waals surface area contributed by atoms with E-state index < -0.39 is 11.7 Å². The number of thiophene rings is 1. The fourth-order valence-electron chi connectivity index (χ4n) is 4.89. The highest BCUT2D eigenvalue weighted by atomic mass is 32.1. The Hall–Kier alpha value is -4.24. The molecule has 0 spiro atoms. The van der Waals surface area contributed by atoms with Crippen LogP contribution in [0.25, 0.3) is 26.9 Å². The molecule has 0 unspecified atom stereocenters. The molecule has 0 saturated carbocycles. The number of unbranched alkanes of at least 4 members (excludes halogenated alkanes) is 1. The summed E-state index contributed by atoms with van der Waals surface area (Å²) in [6.45, 7) is 1.55. The Morgan fingerprint density at radius 2 is 2.15 bits per heavy atom. The van der Waals surface area contributed by atoms with Gasteiger partial charge in [0.2, 0.25) is 0 Å². The van der Waals surface area contributed by atoms with Gasteiger partial charge in [0.1, 0.15) is 17.2 Å². The van der Waals surface area contributed by atoms with Crippen LogP contribution in [0.5, 0.6) is 0 Å². The molecule has 4 aromatic heterocycles. The Morgan fingerprint density at radius 1 is 1.23 bits per heavy atom. The van der Waals surface area contributed by atoms with Gasteiger partial charge in [-0.15, -0.1) is 16.4 Å². The first kappa shape index (κ1) is 26.0. The van der Waals surface area contributed by atoms with Crippen molar-refractivity contribution in [1.82, 2.24) is 30.3 Å². The van der Waals surface area contributed by atoms with E-state index in [1.807, 2.05) is 12.1 Å². The molecule has 9 nitrogen and oxygen atoms in total. The van der Waals surface area contributed by atoms with Crippen LogP contribution >= 0.6 is 11.3 Å². The number of halogens is 1. The minimum atomic E-state index is -0.663. The first-order chi connectivity index (χ1) is 19.6. The maximum atomic E-state index is 15.7. The van der Waals surface area contributed by atoms with E-state index in [9.17, 15) is 4.79 Å². The summed E-state index contributed by atoms with van der Waals surface area (Å²) in [6, 6.07) is 11.6. The fourth-order valence-corrected chi connectivity index (χ4v) is 5.81. The number of nitrogens with one attached hydrogen (secondary N) is 1. The number of carbonyl (C=O) groups is 1. The normalized spacial score (nSPS) is 15.2. The second kappa shape index (κ2) is 11.5. The average molecular weight is 556 g/mol. The lowest BCUT2D eigenvalue weighted by molar-refractivity contribution is 0.0968. The van der Waals surface area contributed by atoms with Gasteiger partial charge in [-0.25, -0.2) is 14.4 Å². The minimum Gasteiger partial charge on any atom is -0.396 e. The second-order valence-corrected chi connectivity index (χ2v) is 10.6. The molecule has 5 heterocycles. The summed E-state index contributed by atoms with van der Waals surface area (Å²) in [4.78, 5) is 25.5. The maximum Gasteiger partial charge on any atom is 0.262 e. The fraction of sp³-hybridized carbons (Fsp3) is 0.276. The predicted molar refractivity (Wildman–Crippen MR) is 152 cm³/mol. The first-order valence-corrected chi connectivity index (χ1v) is 13.9. The number of nitrogens with zero attached hydrogens (tertiary/aromatic N) is 6. The van der Waals surface area contributed by atoms with E-state index in [4.69, 9.17) is 5.11 Å². The van der Waals surface area contributed by atoms with Crippen molar-refractivity contribution in [3.8, 4) is 17.5 Å². The molecule has 1 amide bonds. The topological polar surface area (TPSA) is 109 Å². The van der Waals surface area contributed by atoms with Crippen LogP contribution in [0.1, 0.15) is 40.9 Å². The highest BCUT2D eigenvalue weighted by Gasteiger charge is 2.32. The van der Waals surface area contributed by atoms with Crippen molar-refractivity contribution in [3.63, 3.8) is 0 Å². The number of carbonyl (C=O) groups excluding carboxylic acids is 1. The van der Waals surface area contributed by atoms with Crippen molar-refractivity contribution in [2.75, 3.05) is 24.6 Å². The Labute approximate surface area is 233 Å². The second-order valence-electron chi connectivity index (χ2n) is 9.47. The number of hydrogen-bond donors (Lipinski definition) is 2. The summed E-state index contributed by atoms with van der Waals surface area (Å²) in [5.41, 5.74) is 1.46. The monoisotopic (exact) mass is 555 g/mol. The van der Waals surface area contributed by atoms with Gasteiger partial charge in [0, 0.05) is 48.1 Å². The number of aliphatic hydroxyl groups excluding tert-OH is 1. The lowest BCUT2D eigenvalue weighted by Crippen LogP contribution is -2.49. The number of aromatic nitrogens is 5. The van der Waals surface area contributed by atoms with E-state index in [1.165, 1.54) is 28.2 Å². The van der Waals surface area contributed by atoms with Crippen molar-refractivity contribution in [1.29, 1.82) is 0 Å². The van der Waals surface area contributed by atoms with Gasteiger partial charge in [0.15, 0.2) is 5.65 Å². The Balaban J connectivity index is 1.39. The van der Waals surface area contributed by atoms with Crippen LogP contribution in [0.3, 0.4) is 0 Å². The largest absolute Gasteiger partial charge is 0.396 e. The molecule has 1 atom stereocenters. The Bertz CT molecular complexity index is 1750. The van der Waals surface area contributed by atoms with Crippen molar-refractivity contribution in [2.45, 2.75) is 31.7 Å². The van der Waals surface area contributed by atoms with E-state index >= 15 is 4.39 Å². The number of anilines is 1. The van der Waals surface area contributed by atoms with Gasteiger partial charge in [0.25, 0.3) is 5.91 Å². The number of pyridine rings is 2. The van der Waals surface area contributed by atoms with E-state index in [0.29, 0.717) is 42.1 Å². The number of amides is 1. The van der Waals surface area contributed by atoms with Gasteiger partial charge in [0.05, 0.1) is 22.2 Å². The van der Waals surface area contributed by atoms with E-state index in [0.717, 1.165) is 34.3 Å². The minimum absolute atomic E-state index is 0.0512. The number of fused-ring (bicyclic) bond motifs is 2.